The second-order valence-electron chi connectivity index (χ2n) is 12.6. The number of hydrogen-bond acceptors (Lipinski definition) is 1. The van der Waals surface area contributed by atoms with Crippen LogP contribution >= 0.6 is 11.8 Å². The fourth-order valence-electron chi connectivity index (χ4n) is 5.08. The molecule has 0 N–H and O–H groups in total. The van der Waals surface area contributed by atoms with Crippen LogP contribution in [0.15, 0.2) is 41.3 Å². The number of fused-ring (bicyclic) bond motifs is 2. The molecular formula is C31H46S. The lowest BCUT2D eigenvalue weighted by Crippen LogP contribution is -2.33. The highest BCUT2D eigenvalue weighted by atomic mass is 32.2. The van der Waals surface area contributed by atoms with Crippen LogP contribution in [0.5, 0.6) is 0 Å². The van der Waals surface area contributed by atoms with E-state index >= 15 is 0 Å². The van der Waals surface area contributed by atoms with E-state index in [1.807, 2.05) is 11.8 Å². The van der Waals surface area contributed by atoms with Crippen LogP contribution in [0.4, 0.5) is 0 Å². The fraction of sp³-hybridized carbons (Fsp3) is 0.613. The second-order valence-corrected chi connectivity index (χ2v) is 13.8. The standard InChI is InChI=1S/C17H26.C14H20S/c1-12(2)13-7-8-14-15(11-13)17(5,6)10-9-16(14,3)4;1-10(2)11-5-6-13-12(9-11)14(3,4)7-8-15-13/h7-8,11-12H,9-10H2,1-6H3;5-6,9-10H,7-8H2,1-4H3. The van der Waals surface area contributed by atoms with E-state index in [4.69, 9.17) is 0 Å². The average Bonchev–Trinajstić information content (AvgIpc) is 2.71. The monoisotopic (exact) mass is 450 g/mol. The topological polar surface area (TPSA) is 0 Å². The molecule has 0 unspecified atom stereocenters. The molecular weight excluding hydrogens is 404 g/mol. The Balaban J connectivity index is 0.000000182. The molecule has 0 nitrogen and oxygen atoms in total. The van der Waals surface area contributed by atoms with Crippen LogP contribution < -0.4 is 0 Å². The fourth-order valence-corrected chi connectivity index (χ4v) is 6.56. The largest absolute Gasteiger partial charge is 0.126 e. The van der Waals surface area contributed by atoms with Crippen LogP contribution in [0, 0.1) is 0 Å². The van der Waals surface area contributed by atoms with Crippen molar-refractivity contribution in [3.8, 4) is 0 Å². The first-order valence-corrected chi connectivity index (χ1v) is 13.7. The summed E-state index contributed by atoms with van der Waals surface area (Å²) in [6.45, 7) is 23.4. The van der Waals surface area contributed by atoms with Gasteiger partial charge in [0.15, 0.2) is 0 Å². The maximum absolute atomic E-state index is 2.46. The predicted molar refractivity (Wildman–Crippen MR) is 145 cm³/mol. The molecule has 0 radical (unpaired) electrons. The summed E-state index contributed by atoms with van der Waals surface area (Å²) in [5.74, 6) is 2.53. The number of benzene rings is 2. The van der Waals surface area contributed by atoms with Gasteiger partial charge in [0.25, 0.3) is 0 Å². The van der Waals surface area contributed by atoms with Crippen LogP contribution in [0.3, 0.4) is 0 Å². The van der Waals surface area contributed by atoms with Crippen molar-refractivity contribution in [3.63, 3.8) is 0 Å². The van der Waals surface area contributed by atoms with Crippen LogP contribution in [0.2, 0.25) is 0 Å². The van der Waals surface area contributed by atoms with Crippen molar-refractivity contribution in [3.05, 3.63) is 64.2 Å². The molecule has 2 aromatic rings. The third kappa shape index (κ3) is 5.30. The van der Waals surface area contributed by atoms with Crippen molar-refractivity contribution in [2.45, 2.75) is 121 Å². The summed E-state index contributed by atoms with van der Waals surface area (Å²) in [7, 11) is 0. The Bertz CT molecular complexity index is 943. The van der Waals surface area contributed by atoms with Gasteiger partial charge in [0.1, 0.15) is 0 Å². The molecule has 0 atom stereocenters. The van der Waals surface area contributed by atoms with E-state index in [2.05, 4.69) is 106 Å². The molecule has 0 saturated carbocycles. The van der Waals surface area contributed by atoms with Gasteiger partial charge in [0.2, 0.25) is 0 Å². The highest BCUT2D eigenvalue weighted by Crippen LogP contribution is 2.46. The molecule has 0 saturated heterocycles. The lowest BCUT2D eigenvalue weighted by molar-refractivity contribution is 0.331. The average molecular weight is 451 g/mol. The molecule has 32 heavy (non-hydrogen) atoms. The Kier molecular flexibility index (Phi) is 7.31. The summed E-state index contributed by atoms with van der Waals surface area (Å²) in [6.07, 6.45) is 3.90. The first kappa shape index (κ1) is 25.4. The van der Waals surface area contributed by atoms with Crippen LogP contribution in [0.1, 0.15) is 128 Å². The number of rotatable bonds is 2. The van der Waals surface area contributed by atoms with Gasteiger partial charge >= 0.3 is 0 Å². The van der Waals surface area contributed by atoms with Crippen molar-refractivity contribution in [2.24, 2.45) is 0 Å². The van der Waals surface area contributed by atoms with Crippen molar-refractivity contribution in [1.29, 1.82) is 0 Å². The Hall–Kier alpha value is -1.21. The third-order valence-corrected chi connectivity index (χ3v) is 9.00. The molecule has 0 amide bonds. The summed E-state index contributed by atoms with van der Waals surface area (Å²) in [5, 5.41) is 0. The number of hydrogen-bond donors (Lipinski definition) is 0. The minimum atomic E-state index is 0.343. The van der Waals surface area contributed by atoms with Crippen molar-refractivity contribution < 1.29 is 0 Å². The highest BCUT2D eigenvalue weighted by molar-refractivity contribution is 7.99. The van der Waals surface area contributed by atoms with Gasteiger partial charge in [-0.2, -0.15) is 0 Å². The maximum atomic E-state index is 2.46. The van der Waals surface area contributed by atoms with Crippen LogP contribution in [-0.4, -0.2) is 5.75 Å². The summed E-state index contributed by atoms with van der Waals surface area (Å²) < 4.78 is 0. The smallest absolute Gasteiger partial charge is 0.0110 e. The van der Waals surface area contributed by atoms with E-state index in [9.17, 15) is 0 Å². The van der Waals surface area contributed by atoms with Gasteiger partial charge in [-0.05, 0) is 87.0 Å². The zero-order valence-electron chi connectivity index (χ0n) is 22.4. The van der Waals surface area contributed by atoms with Crippen molar-refractivity contribution in [2.75, 3.05) is 5.75 Å². The van der Waals surface area contributed by atoms with Gasteiger partial charge in [0, 0.05) is 4.90 Å². The van der Waals surface area contributed by atoms with Gasteiger partial charge in [-0.3, -0.25) is 0 Å². The van der Waals surface area contributed by atoms with Gasteiger partial charge in [-0.15, -0.1) is 11.8 Å². The Morgan fingerprint density at radius 2 is 1.06 bits per heavy atom. The second kappa shape index (κ2) is 9.21. The molecule has 1 aliphatic heterocycles. The van der Waals surface area contributed by atoms with E-state index < -0.39 is 0 Å². The van der Waals surface area contributed by atoms with E-state index in [0.29, 0.717) is 28.1 Å². The molecule has 0 fully saturated rings. The summed E-state index contributed by atoms with van der Waals surface area (Å²) in [5.41, 5.74) is 8.73. The molecule has 2 aliphatic rings. The van der Waals surface area contributed by atoms with E-state index in [-0.39, 0.29) is 0 Å². The molecule has 0 bridgehead atoms. The lowest BCUT2D eigenvalue weighted by atomic mass is 9.63. The minimum absolute atomic E-state index is 0.343. The molecule has 176 valence electrons. The quantitative estimate of drug-likeness (QED) is 0.438. The Morgan fingerprint density at radius 3 is 1.62 bits per heavy atom. The predicted octanol–water partition coefficient (Wildman–Crippen LogP) is 9.74. The maximum Gasteiger partial charge on any atom is 0.0110 e. The van der Waals surface area contributed by atoms with Crippen LogP contribution in [0.25, 0.3) is 0 Å². The summed E-state index contributed by atoms with van der Waals surface area (Å²) in [4.78, 5) is 1.50. The summed E-state index contributed by atoms with van der Waals surface area (Å²) in [6, 6.07) is 14.2. The van der Waals surface area contributed by atoms with E-state index in [0.717, 1.165) is 0 Å². The van der Waals surface area contributed by atoms with Crippen LogP contribution in [-0.2, 0) is 16.2 Å². The molecule has 2 aromatic carbocycles. The molecule has 1 aliphatic carbocycles. The van der Waals surface area contributed by atoms with E-state index in [1.165, 1.54) is 41.0 Å². The van der Waals surface area contributed by atoms with E-state index in [1.54, 1.807) is 16.7 Å². The van der Waals surface area contributed by atoms with Crippen molar-refractivity contribution >= 4 is 11.8 Å². The first-order valence-electron chi connectivity index (χ1n) is 12.7. The minimum Gasteiger partial charge on any atom is -0.126 e. The lowest BCUT2D eigenvalue weighted by Gasteiger charge is -2.42. The normalized spacial score (nSPS) is 20.2. The van der Waals surface area contributed by atoms with Gasteiger partial charge in [0.05, 0.1) is 0 Å². The highest BCUT2D eigenvalue weighted by Gasteiger charge is 2.37. The third-order valence-electron chi connectivity index (χ3n) is 7.93. The van der Waals surface area contributed by atoms with Gasteiger partial charge in [-0.1, -0.05) is 99.6 Å². The molecule has 0 spiro atoms. The first-order chi connectivity index (χ1) is 14.7. The zero-order valence-corrected chi connectivity index (χ0v) is 23.2. The molecule has 4 rings (SSSR count). The summed E-state index contributed by atoms with van der Waals surface area (Å²) >= 11 is 2.01. The number of thioether (sulfide) groups is 1. The Labute approximate surface area is 203 Å². The molecule has 0 aromatic heterocycles. The van der Waals surface area contributed by atoms with Gasteiger partial charge in [-0.25, -0.2) is 0 Å². The SMILES string of the molecule is CC(C)c1ccc2c(c1)C(C)(C)CCC2(C)C.CC(C)c1ccc2c(c1)C(C)(C)CCS2. The van der Waals surface area contributed by atoms with Crippen molar-refractivity contribution in [1.82, 2.24) is 0 Å². The molecule has 1 heteroatoms. The zero-order chi connectivity index (χ0) is 23.9. The van der Waals surface area contributed by atoms with Gasteiger partial charge < -0.3 is 0 Å². The Morgan fingerprint density at radius 1 is 0.594 bits per heavy atom. The molecule has 1 heterocycles.